The van der Waals surface area contributed by atoms with E-state index in [0.29, 0.717) is 37.6 Å². The number of nitrogens with zero attached hydrogens (tertiary/aromatic N) is 5. The van der Waals surface area contributed by atoms with Crippen molar-refractivity contribution in [1.29, 1.82) is 0 Å². The zero-order valence-corrected chi connectivity index (χ0v) is 21.7. The Bertz CT molecular complexity index is 1530. The van der Waals surface area contributed by atoms with Gasteiger partial charge in [-0.15, -0.1) is 5.10 Å². The van der Waals surface area contributed by atoms with Crippen molar-refractivity contribution in [1.82, 2.24) is 30.1 Å². The molecule has 0 bridgehead atoms. The SMILES string of the molecule is COCCn1nnnc1[C@H](c1cc2cc(C)ccc2[nH]c1=O)N(CCc1ccccc1)Cc1ccccc1. The molecule has 5 rings (SSSR count). The quantitative estimate of drug-likeness (QED) is 0.286. The number of H-pyrrole nitrogens is 1. The van der Waals surface area contributed by atoms with E-state index in [4.69, 9.17) is 4.74 Å². The molecule has 0 amide bonds. The summed E-state index contributed by atoms with van der Waals surface area (Å²) in [5, 5.41) is 13.7. The molecular formula is C30H32N6O2. The van der Waals surface area contributed by atoms with Gasteiger partial charge in [0, 0.05) is 31.3 Å². The normalized spacial score (nSPS) is 12.3. The zero-order valence-electron chi connectivity index (χ0n) is 21.7. The molecule has 5 aromatic rings. The molecule has 2 aromatic heterocycles. The van der Waals surface area contributed by atoms with Crippen LogP contribution in [0.4, 0.5) is 0 Å². The smallest absolute Gasteiger partial charge is 0.253 e. The minimum absolute atomic E-state index is 0.148. The lowest BCUT2D eigenvalue weighted by molar-refractivity contribution is 0.172. The molecule has 38 heavy (non-hydrogen) atoms. The van der Waals surface area contributed by atoms with Crippen molar-refractivity contribution >= 4 is 10.9 Å². The van der Waals surface area contributed by atoms with Crippen LogP contribution in [0.2, 0.25) is 0 Å². The van der Waals surface area contributed by atoms with Crippen LogP contribution in [0.3, 0.4) is 0 Å². The molecule has 0 unspecified atom stereocenters. The summed E-state index contributed by atoms with van der Waals surface area (Å²) in [4.78, 5) is 19.0. The number of aryl methyl sites for hydroxylation is 1. The van der Waals surface area contributed by atoms with Gasteiger partial charge in [-0.3, -0.25) is 9.69 Å². The number of rotatable bonds is 11. The van der Waals surface area contributed by atoms with Crippen molar-refractivity contribution in [3.05, 3.63) is 123 Å². The van der Waals surface area contributed by atoms with E-state index in [2.05, 4.69) is 74.8 Å². The third-order valence-corrected chi connectivity index (χ3v) is 6.76. The highest BCUT2D eigenvalue weighted by atomic mass is 16.5. The fourth-order valence-corrected chi connectivity index (χ4v) is 4.82. The van der Waals surface area contributed by atoms with Crippen LogP contribution >= 0.6 is 0 Å². The number of methoxy groups -OCH3 is 1. The van der Waals surface area contributed by atoms with Gasteiger partial charge >= 0.3 is 0 Å². The van der Waals surface area contributed by atoms with Crippen LogP contribution in [-0.4, -0.2) is 50.4 Å². The van der Waals surface area contributed by atoms with Crippen LogP contribution < -0.4 is 5.56 Å². The fourth-order valence-electron chi connectivity index (χ4n) is 4.82. The largest absolute Gasteiger partial charge is 0.383 e. The van der Waals surface area contributed by atoms with Crippen molar-refractivity contribution < 1.29 is 4.74 Å². The Morgan fingerprint density at radius 2 is 1.71 bits per heavy atom. The third kappa shape index (κ3) is 5.88. The van der Waals surface area contributed by atoms with Crippen molar-refractivity contribution in [2.24, 2.45) is 0 Å². The van der Waals surface area contributed by atoms with Crippen molar-refractivity contribution in [2.75, 3.05) is 20.3 Å². The summed E-state index contributed by atoms with van der Waals surface area (Å²) in [5.74, 6) is 0.614. The van der Waals surface area contributed by atoms with Gasteiger partial charge < -0.3 is 9.72 Å². The van der Waals surface area contributed by atoms with Crippen LogP contribution in [-0.2, 0) is 24.2 Å². The second-order valence-electron chi connectivity index (χ2n) is 9.49. The van der Waals surface area contributed by atoms with Crippen molar-refractivity contribution in [2.45, 2.75) is 32.5 Å². The number of tetrazole rings is 1. The van der Waals surface area contributed by atoms with Crippen LogP contribution in [0.5, 0.6) is 0 Å². The first kappa shape index (κ1) is 25.5. The Hall–Kier alpha value is -4.14. The van der Waals surface area contributed by atoms with Gasteiger partial charge in [0.1, 0.15) is 6.04 Å². The van der Waals surface area contributed by atoms with E-state index in [9.17, 15) is 4.79 Å². The monoisotopic (exact) mass is 508 g/mol. The molecule has 194 valence electrons. The molecule has 8 heteroatoms. The highest BCUT2D eigenvalue weighted by Gasteiger charge is 2.30. The highest BCUT2D eigenvalue weighted by Crippen LogP contribution is 2.29. The number of pyridine rings is 1. The van der Waals surface area contributed by atoms with Gasteiger partial charge in [0.25, 0.3) is 5.56 Å². The lowest BCUT2D eigenvalue weighted by Gasteiger charge is -2.31. The van der Waals surface area contributed by atoms with Crippen LogP contribution in [0.25, 0.3) is 10.9 Å². The predicted molar refractivity (Wildman–Crippen MR) is 148 cm³/mol. The third-order valence-electron chi connectivity index (χ3n) is 6.76. The maximum Gasteiger partial charge on any atom is 0.253 e. The van der Waals surface area contributed by atoms with Gasteiger partial charge in [-0.05, 0) is 58.5 Å². The van der Waals surface area contributed by atoms with Gasteiger partial charge in [-0.1, -0.05) is 72.3 Å². The molecule has 8 nitrogen and oxygen atoms in total. The number of aromatic amines is 1. The predicted octanol–water partition coefficient (Wildman–Crippen LogP) is 4.30. The number of fused-ring (bicyclic) bond motifs is 1. The number of ether oxygens (including phenoxy) is 1. The van der Waals surface area contributed by atoms with E-state index in [1.807, 2.05) is 42.5 Å². The van der Waals surface area contributed by atoms with E-state index in [0.717, 1.165) is 28.5 Å². The molecule has 0 saturated heterocycles. The summed E-state index contributed by atoms with van der Waals surface area (Å²) in [6.07, 6.45) is 0.814. The lowest BCUT2D eigenvalue weighted by atomic mass is 10.0. The standard InChI is InChI=1S/C30H32N6O2/c1-22-13-14-27-25(19-22)20-26(30(37)31-27)28(29-32-33-34-36(29)17-18-38-2)35(21-24-11-7-4-8-12-24)16-15-23-9-5-3-6-10-23/h3-14,19-20,28H,15-18,21H2,1-2H3,(H,31,37)/t28-/m0/s1. The average Bonchev–Trinajstić information content (AvgIpc) is 3.40. The van der Waals surface area contributed by atoms with E-state index >= 15 is 0 Å². The summed E-state index contributed by atoms with van der Waals surface area (Å²) in [5.41, 5.74) is 4.77. The summed E-state index contributed by atoms with van der Waals surface area (Å²) in [7, 11) is 1.65. The molecule has 0 radical (unpaired) electrons. The van der Waals surface area contributed by atoms with E-state index < -0.39 is 6.04 Å². The zero-order chi connectivity index (χ0) is 26.3. The first-order valence-electron chi connectivity index (χ1n) is 12.8. The number of aromatic nitrogens is 5. The summed E-state index contributed by atoms with van der Waals surface area (Å²) in [6, 6.07) is 28.2. The molecule has 0 aliphatic carbocycles. The minimum atomic E-state index is -0.473. The Morgan fingerprint density at radius 3 is 2.45 bits per heavy atom. The lowest BCUT2D eigenvalue weighted by Crippen LogP contribution is -2.36. The van der Waals surface area contributed by atoms with E-state index in [1.54, 1.807) is 11.8 Å². The minimum Gasteiger partial charge on any atom is -0.383 e. The highest BCUT2D eigenvalue weighted by molar-refractivity contribution is 5.79. The molecule has 2 heterocycles. The van der Waals surface area contributed by atoms with E-state index in [-0.39, 0.29) is 5.56 Å². The molecule has 0 spiro atoms. The fraction of sp³-hybridized carbons (Fsp3) is 0.267. The Labute approximate surface area is 221 Å². The molecule has 3 aromatic carbocycles. The topological polar surface area (TPSA) is 88.9 Å². The number of benzene rings is 3. The number of hydrogen-bond donors (Lipinski definition) is 1. The van der Waals surface area contributed by atoms with Crippen LogP contribution in [0, 0.1) is 6.92 Å². The first-order chi connectivity index (χ1) is 18.6. The van der Waals surface area contributed by atoms with Gasteiger partial charge in [-0.25, -0.2) is 4.68 Å². The van der Waals surface area contributed by atoms with Crippen LogP contribution in [0.1, 0.15) is 34.1 Å². The molecule has 0 aliphatic rings. The maximum absolute atomic E-state index is 13.6. The van der Waals surface area contributed by atoms with Crippen molar-refractivity contribution in [3.8, 4) is 0 Å². The molecule has 0 saturated carbocycles. The van der Waals surface area contributed by atoms with E-state index in [1.165, 1.54) is 5.56 Å². The van der Waals surface area contributed by atoms with Crippen LogP contribution in [0.15, 0.2) is 89.7 Å². The average molecular weight is 509 g/mol. The number of hydrogen-bond acceptors (Lipinski definition) is 6. The van der Waals surface area contributed by atoms with Gasteiger partial charge in [0.15, 0.2) is 5.82 Å². The Balaban J connectivity index is 1.64. The summed E-state index contributed by atoms with van der Waals surface area (Å²) in [6.45, 7) is 4.32. The van der Waals surface area contributed by atoms with Gasteiger partial charge in [-0.2, -0.15) is 0 Å². The maximum atomic E-state index is 13.6. The second-order valence-corrected chi connectivity index (χ2v) is 9.49. The van der Waals surface area contributed by atoms with Gasteiger partial charge in [0.2, 0.25) is 0 Å². The molecular weight excluding hydrogens is 476 g/mol. The van der Waals surface area contributed by atoms with Gasteiger partial charge in [0.05, 0.1) is 13.2 Å². The number of nitrogens with one attached hydrogen (secondary N) is 1. The first-order valence-corrected chi connectivity index (χ1v) is 12.8. The second kappa shape index (κ2) is 11.9. The molecule has 1 atom stereocenters. The Kier molecular flexibility index (Phi) is 8.01. The molecule has 0 fully saturated rings. The van der Waals surface area contributed by atoms with Crippen molar-refractivity contribution in [3.63, 3.8) is 0 Å². The molecule has 0 aliphatic heterocycles. The summed E-state index contributed by atoms with van der Waals surface area (Å²) >= 11 is 0. The molecule has 1 N–H and O–H groups in total. The Morgan fingerprint density at radius 1 is 0.974 bits per heavy atom. The summed E-state index contributed by atoms with van der Waals surface area (Å²) < 4.78 is 7.06.